The third-order valence-electron chi connectivity index (χ3n) is 2.27. The zero-order valence-electron chi connectivity index (χ0n) is 10.4. The van der Waals surface area contributed by atoms with Gasteiger partial charge < -0.3 is 21.0 Å². The molecule has 1 aromatic rings. The maximum Gasteiger partial charge on any atom is 0.417 e. The summed E-state index contributed by atoms with van der Waals surface area (Å²) in [5.41, 5.74) is 3.50. The largest absolute Gasteiger partial charge is 0.417 e. The standard InChI is InChI=1S/C11H12F3N3O3/c1-20-5-9(18)16-6-2-3-7(10(15)17-19)8(4-6)11(12,13)14/h2-4,19H,5H2,1H3,(H2,15,17)(H,16,18). The Hall–Kier alpha value is -2.29. The first kappa shape index (κ1) is 15.8. The Bertz CT molecular complexity index is 529. The number of alkyl halides is 3. The van der Waals surface area contributed by atoms with Crippen LogP contribution in [0.25, 0.3) is 0 Å². The summed E-state index contributed by atoms with van der Waals surface area (Å²) in [6.45, 7) is -0.288. The summed E-state index contributed by atoms with van der Waals surface area (Å²) in [4.78, 5) is 11.2. The van der Waals surface area contributed by atoms with Gasteiger partial charge in [-0.15, -0.1) is 0 Å². The van der Waals surface area contributed by atoms with Gasteiger partial charge in [-0.1, -0.05) is 5.16 Å². The number of oxime groups is 1. The molecule has 0 aliphatic carbocycles. The highest BCUT2D eigenvalue weighted by Crippen LogP contribution is 2.33. The number of anilines is 1. The van der Waals surface area contributed by atoms with E-state index in [1.54, 1.807) is 0 Å². The molecule has 9 heteroatoms. The number of nitrogens with two attached hydrogens (primary N) is 1. The number of hydrogen-bond donors (Lipinski definition) is 3. The molecule has 0 aliphatic heterocycles. The van der Waals surface area contributed by atoms with Gasteiger partial charge in [0, 0.05) is 18.4 Å². The molecular weight excluding hydrogens is 279 g/mol. The Balaban J connectivity index is 3.18. The van der Waals surface area contributed by atoms with Gasteiger partial charge in [-0.25, -0.2) is 0 Å². The highest BCUT2D eigenvalue weighted by Gasteiger charge is 2.34. The molecule has 0 spiro atoms. The number of nitrogens with one attached hydrogen (secondary N) is 1. The average molecular weight is 291 g/mol. The predicted molar refractivity (Wildman–Crippen MR) is 64.5 cm³/mol. The SMILES string of the molecule is COCC(=O)Nc1ccc(C(N)=NO)c(C(F)(F)F)c1. The molecule has 0 bridgehead atoms. The van der Waals surface area contributed by atoms with Crippen molar-refractivity contribution in [3.63, 3.8) is 0 Å². The summed E-state index contributed by atoms with van der Waals surface area (Å²) in [6.07, 6.45) is -4.72. The van der Waals surface area contributed by atoms with E-state index in [2.05, 4.69) is 15.2 Å². The molecule has 6 nitrogen and oxygen atoms in total. The van der Waals surface area contributed by atoms with Gasteiger partial charge in [0.2, 0.25) is 5.91 Å². The van der Waals surface area contributed by atoms with Crippen molar-refractivity contribution in [3.8, 4) is 0 Å². The van der Waals surface area contributed by atoms with Crippen molar-refractivity contribution < 1.29 is 27.9 Å². The maximum atomic E-state index is 12.9. The number of carbonyl (C=O) groups excluding carboxylic acids is 1. The number of amidine groups is 1. The van der Waals surface area contributed by atoms with Crippen LogP contribution in [0.4, 0.5) is 18.9 Å². The van der Waals surface area contributed by atoms with E-state index >= 15 is 0 Å². The summed E-state index contributed by atoms with van der Waals surface area (Å²) >= 11 is 0. The smallest absolute Gasteiger partial charge is 0.409 e. The molecule has 0 unspecified atom stereocenters. The normalized spacial score (nSPS) is 12.3. The zero-order valence-corrected chi connectivity index (χ0v) is 10.4. The molecule has 0 saturated heterocycles. The van der Waals surface area contributed by atoms with E-state index in [4.69, 9.17) is 10.9 Å². The molecule has 20 heavy (non-hydrogen) atoms. The number of nitrogens with zero attached hydrogens (tertiary/aromatic N) is 1. The summed E-state index contributed by atoms with van der Waals surface area (Å²) in [5, 5.41) is 13.2. The molecular formula is C11H12F3N3O3. The van der Waals surface area contributed by atoms with Crippen LogP contribution < -0.4 is 11.1 Å². The molecule has 110 valence electrons. The fraction of sp³-hybridized carbons (Fsp3) is 0.273. The van der Waals surface area contributed by atoms with E-state index in [1.165, 1.54) is 13.2 Å². The number of benzene rings is 1. The first-order chi connectivity index (χ1) is 9.29. The van der Waals surface area contributed by atoms with Crippen molar-refractivity contribution in [2.75, 3.05) is 19.0 Å². The number of amides is 1. The minimum Gasteiger partial charge on any atom is -0.409 e. The van der Waals surface area contributed by atoms with Gasteiger partial charge in [-0.2, -0.15) is 13.2 Å². The van der Waals surface area contributed by atoms with E-state index in [1.807, 2.05) is 0 Å². The Morgan fingerprint density at radius 2 is 2.15 bits per heavy atom. The Morgan fingerprint density at radius 3 is 2.65 bits per heavy atom. The first-order valence-electron chi connectivity index (χ1n) is 5.27. The number of halogens is 3. The monoisotopic (exact) mass is 291 g/mol. The number of rotatable bonds is 4. The second-order valence-corrected chi connectivity index (χ2v) is 3.72. The second-order valence-electron chi connectivity index (χ2n) is 3.72. The lowest BCUT2D eigenvalue weighted by atomic mass is 10.1. The number of methoxy groups -OCH3 is 1. The lowest BCUT2D eigenvalue weighted by molar-refractivity contribution is -0.137. The van der Waals surface area contributed by atoms with Crippen LogP contribution in [0.2, 0.25) is 0 Å². The minimum atomic E-state index is -4.72. The lowest BCUT2D eigenvalue weighted by Crippen LogP contribution is -2.21. The molecule has 1 rings (SSSR count). The van der Waals surface area contributed by atoms with Gasteiger partial charge in [0.05, 0.1) is 5.56 Å². The van der Waals surface area contributed by atoms with Crippen molar-refractivity contribution in [2.24, 2.45) is 10.9 Å². The summed E-state index contributed by atoms with van der Waals surface area (Å²) < 4.78 is 43.2. The molecule has 0 aromatic heterocycles. The minimum absolute atomic E-state index is 0.0751. The van der Waals surface area contributed by atoms with E-state index in [0.717, 1.165) is 6.07 Å². The van der Waals surface area contributed by atoms with Gasteiger partial charge in [0.25, 0.3) is 0 Å². The maximum absolute atomic E-state index is 12.9. The summed E-state index contributed by atoms with van der Waals surface area (Å²) in [6, 6.07) is 2.90. The number of ether oxygens (including phenoxy) is 1. The molecule has 1 amide bonds. The van der Waals surface area contributed by atoms with E-state index in [0.29, 0.717) is 6.07 Å². The van der Waals surface area contributed by atoms with Gasteiger partial charge >= 0.3 is 6.18 Å². The van der Waals surface area contributed by atoms with Crippen LogP contribution in [0.3, 0.4) is 0 Å². The fourth-order valence-corrected chi connectivity index (χ4v) is 1.46. The van der Waals surface area contributed by atoms with Crippen LogP contribution in [0.5, 0.6) is 0 Å². The molecule has 0 fully saturated rings. The molecule has 1 aromatic carbocycles. The summed E-state index contributed by atoms with van der Waals surface area (Å²) in [5.74, 6) is -1.27. The first-order valence-corrected chi connectivity index (χ1v) is 5.27. The lowest BCUT2D eigenvalue weighted by Gasteiger charge is -2.14. The van der Waals surface area contributed by atoms with Gasteiger partial charge in [0.1, 0.15) is 6.61 Å². The fourth-order valence-electron chi connectivity index (χ4n) is 1.46. The van der Waals surface area contributed by atoms with Crippen LogP contribution in [-0.2, 0) is 15.7 Å². The van der Waals surface area contributed by atoms with Crippen LogP contribution in [0.15, 0.2) is 23.4 Å². The Kier molecular flexibility index (Phi) is 4.92. The molecule has 0 heterocycles. The highest BCUT2D eigenvalue weighted by molar-refractivity contribution is 5.99. The van der Waals surface area contributed by atoms with Crippen molar-refractivity contribution in [1.29, 1.82) is 0 Å². The second kappa shape index (κ2) is 6.24. The van der Waals surface area contributed by atoms with Crippen LogP contribution in [-0.4, -0.2) is 30.7 Å². The van der Waals surface area contributed by atoms with Crippen LogP contribution in [0.1, 0.15) is 11.1 Å². The Morgan fingerprint density at radius 1 is 1.50 bits per heavy atom. The summed E-state index contributed by atoms with van der Waals surface area (Å²) in [7, 11) is 1.28. The topological polar surface area (TPSA) is 96.9 Å². The molecule has 0 saturated carbocycles. The molecule has 0 aliphatic rings. The quantitative estimate of drug-likeness (QED) is 0.338. The van der Waals surface area contributed by atoms with Crippen LogP contribution in [0, 0.1) is 0 Å². The number of carbonyl (C=O) groups is 1. The van der Waals surface area contributed by atoms with E-state index in [-0.39, 0.29) is 12.3 Å². The van der Waals surface area contributed by atoms with Crippen molar-refractivity contribution in [3.05, 3.63) is 29.3 Å². The Labute approximate surface area is 112 Å². The van der Waals surface area contributed by atoms with Crippen molar-refractivity contribution in [1.82, 2.24) is 0 Å². The number of hydrogen-bond acceptors (Lipinski definition) is 4. The van der Waals surface area contributed by atoms with Gasteiger partial charge in [-0.3, -0.25) is 4.79 Å². The van der Waals surface area contributed by atoms with Crippen LogP contribution >= 0.6 is 0 Å². The zero-order chi connectivity index (χ0) is 15.3. The van der Waals surface area contributed by atoms with Crippen molar-refractivity contribution >= 4 is 17.4 Å². The third-order valence-corrected chi connectivity index (χ3v) is 2.27. The molecule has 0 radical (unpaired) electrons. The third kappa shape index (κ3) is 3.85. The highest BCUT2D eigenvalue weighted by atomic mass is 19.4. The molecule has 4 N–H and O–H groups in total. The average Bonchev–Trinajstić information content (AvgIpc) is 2.37. The van der Waals surface area contributed by atoms with E-state index in [9.17, 15) is 18.0 Å². The predicted octanol–water partition coefficient (Wildman–Crippen LogP) is 1.38. The van der Waals surface area contributed by atoms with Crippen molar-refractivity contribution in [2.45, 2.75) is 6.18 Å². The molecule has 0 atom stereocenters. The van der Waals surface area contributed by atoms with Gasteiger partial charge in [0.15, 0.2) is 5.84 Å². The van der Waals surface area contributed by atoms with E-state index < -0.39 is 29.0 Å². The van der Waals surface area contributed by atoms with Gasteiger partial charge in [-0.05, 0) is 18.2 Å².